The highest BCUT2D eigenvalue weighted by molar-refractivity contribution is 4.79. The van der Waals surface area contributed by atoms with Crippen LogP contribution in [0.3, 0.4) is 0 Å². The molecule has 0 aliphatic carbocycles. The fraction of sp³-hybridized carbons (Fsp3) is 0.750. The van der Waals surface area contributed by atoms with Crippen LogP contribution < -0.4 is 5.32 Å². The molecule has 0 aliphatic heterocycles. The Morgan fingerprint density at radius 1 is 1.62 bits per heavy atom. The predicted molar refractivity (Wildman–Crippen MR) is 49.2 cm³/mol. The molecule has 0 saturated heterocycles. The second kappa shape index (κ2) is 5.66. The molecular formula is C8H16N4O. The summed E-state index contributed by atoms with van der Waals surface area (Å²) in [4.78, 5) is 4.04. The Morgan fingerprint density at radius 3 is 3.08 bits per heavy atom. The summed E-state index contributed by atoms with van der Waals surface area (Å²) in [7, 11) is 1.86. The van der Waals surface area contributed by atoms with Crippen LogP contribution in [0, 0.1) is 0 Å². The number of nitrogens with one attached hydrogen (secondary N) is 1. The fourth-order valence-electron chi connectivity index (χ4n) is 0.935. The van der Waals surface area contributed by atoms with Crippen molar-refractivity contribution in [1.29, 1.82) is 0 Å². The van der Waals surface area contributed by atoms with Gasteiger partial charge in [0, 0.05) is 13.6 Å². The molecule has 13 heavy (non-hydrogen) atoms. The summed E-state index contributed by atoms with van der Waals surface area (Å²) in [5.74, 6) is 0.858. The van der Waals surface area contributed by atoms with Crippen LogP contribution in [-0.2, 0) is 18.4 Å². The number of rotatable bonds is 6. The van der Waals surface area contributed by atoms with Crippen molar-refractivity contribution < 1.29 is 4.74 Å². The average molecular weight is 184 g/mol. The van der Waals surface area contributed by atoms with Gasteiger partial charge in [0.05, 0.1) is 6.61 Å². The molecule has 0 atom stereocenters. The minimum atomic E-state index is 0.530. The zero-order valence-corrected chi connectivity index (χ0v) is 8.16. The van der Waals surface area contributed by atoms with Crippen LogP contribution in [0.1, 0.15) is 12.7 Å². The minimum absolute atomic E-state index is 0.530. The molecule has 0 aliphatic rings. The van der Waals surface area contributed by atoms with Crippen molar-refractivity contribution in [3.63, 3.8) is 0 Å². The largest absolute Gasteiger partial charge is 0.372 e. The van der Waals surface area contributed by atoms with Gasteiger partial charge in [0.2, 0.25) is 0 Å². The van der Waals surface area contributed by atoms with Gasteiger partial charge in [0.15, 0.2) is 5.82 Å². The highest BCUT2D eigenvalue weighted by Crippen LogP contribution is 1.92. The number of nitrogens with zero attached hydrogens (tertiary/aromatic N) is 3. The summed E-state index contributed by atoms with van der Waals surface area (Å²) in [6, 6.07) is 0. The normalized spacial score (nSPS) is 10.6. The van der Waals surface area contributed by atoms with E-state index in [1.807, 2.05) is 7.05 Å². The molecule has 0 amide bonds. The number of aryl methyl sites for hydroxylation is 1. The second-order valence-electron chi connectivity index (χ2n) is 2.71. The van der Waals surface area contributed by atoms with E-state index in [1.54, 1.807) is 4.68 Å². The van der Waals surface area contributed by atoms with E-state index in [0.29, 0.717) is 13.2 Å². The Bertz CT molecular complexity index is 236. The van der Waals surface area contributed by atoms with Gasteiger partial charge in [-0.25, -0.2) is 4.98 Å². The lowest BCUT2D eigenvalue weighted by Crippen LogP contribution is -2.19. The Hall–Kier alpha value is -0.940. The fourth-order valence-corrected chi connectivity index (χ4v) is 0.935. The second-order valence-corrected chi connectivity index (χ2v) is 2.71. The average Bonchev–Trinajstić information content (AvgIpc) is 2.52. The summed E-state index contributed by atoms with van der Waals surface area (Å²) in [5.41, 5.74) is 0. The van der Waals surface area contributed by atoms with E-state index in [0.717, 1.165) is 18.9 Å². The van der Waals surface area contributed by atoms with E-state index in [2.05, 4.69) is 22.3 Å². The molecule has 0 fully saturated rings. The van der Waals surface area contributed by atoms with Gasteiger partial charge in [-0.15, -0.1) is 0 Å². The third-order valence-electron chi connectivity index (χ3n) is 1.71. The van der Waals surface area contributed by atoms with Crippen molar-refractivity contribution in [1.82, 2.24) is 20.1 Å². The molecular weight excluding hydrogens is 168 g/mol. The zero-order chi connectivity index (χ0) is 9.52. The van der Waals surface area contributed by atoms with E-state index < -0.39 is 0 Å². The van der Waals surface area contributed by atoms with Gasteiger partial charge in [-0.2, -0.15) is 5.10 Å². The maximum atomic E-state index is 5.38. The van der Waals surface area contributed by atoms with Crippen LogP contribution in [-0.4, -0.2) is 34.5 Å². The number of likely N-dealkylation sites (N-methyl/N-ethyl adjacent to an activating group) is 1. The molecule has 1 heterocycles. The molecule has 1 aromatic rings. The molecule has 0 bridgehead atoms. The molecule has 74 valence electrons. The van der Waals surface area contributed by atoms with Crippen LogP contribution in [0.4, 0.5) is 0 Å². The number of hydrogen-bond acceptors (Lipinski definition) is 4. The van der Waals surface area contributed by atoms with E-state index in [-0.39, 0.29) is 0 Å². The molecule has 0 saturated carbocycles. The molecule has 0 spiro atoms. The molecule has 0 radical (unpaired) electrons. The van der Waals surface area contributed by atoms with Gasteiger partial charge < -0.3 is 10.1 Å². The Balaban J connectivity index is 2.10. The van der Waals surface area contributed by atoms with E-state index in [9.17, 15) is 0 Å². The van der Waals surface area contributed by atoms with Crippen LogP contribution in [0.2, 0.25) is 0 Å². The Morgan fingerprint density at radius 2 is 2.46 bits per heavy atom. The molecule has 0 aromatic carbocycles. The van der Waals surface area contributed by atoms with Crippen LogP contribution in [0.25, 0.3) is 0 Å². The van der Waals surface area contributed by atoms with Crippen molar-refractivity contribution in [2.75, 3.05) is 19.7 Å². The molecule has 1 N–H and O–H groups in total. The van der Waals surface area contributed by atoms with Gasteiger partial charge in [0.25, 0.3) is 0 Å². The van der Waals surface area contributed by atoms with E-state index in [1.165, 1.54) is 6.33 Å². The summed E-state index contributed by atoms with van der Waals surface area (Å²) in [5, 5.41) is 7.12. The number of ether oxygens (including phenoxy) is 1. The molecule has 5 nitrogen and oxygen atoms in total. The van der Waals surface area contributed by atoms with Crippen LogP contribution in [0.15, 0.2) is 6.33 Å². The van der Waals surface area contributed by atoms with Crippen LogP contribution >= 0.6 is 0 Å². The molecule has 1 rings (SSSR count). The van der Waals surface area contributed by atoms with Gasteiger partial charge >= 0.3 is 0 Å². The van der Waals surface area contributed by atoms with Crippen molar-refractivity contribution in [2.24, 2.45) is 7.05 Å². The standard InChI is InChI=1S/C8H16N4O/c1-3-9-4-5-13-6-8-10-7-11-12(8)2/h7,9H,3-6H2,1-2H3. The van der Waals surface area contributed by atoms with Gasteiger partial charge in [-0.1, -0.05) is 6.92 Å². The predicted octanol–water partition coefficient (Wildman–Crippen LogP) is -0.0588. The van der Waals surface area contributed by atoms with Gasteiger partial charge in [0.1, 0.15) is 12.9 Å². The molecule has 1 aromatic heterocycles. The third kappa shape index (κ3) is 3.52. The first-order valence-electron chi connectivity index (χ1n) is 4.46. The van der Waals surface area contributed by atoms with E-state index >= 15 is 0 Å². The third-order valence-corrected chi connectivity index (χ3v) is 1.71. The first kappa shape index (κ1) is 10.1. The highest BCUT2D eigenvalue weighted by atomic mass is 16.5. The van der Waals surface area contributed by atoms with Gasteiger partial charge in [-0.3, -0.25) is 4.68 Å². The van der Waals surface area contributed by atoms with E-state index in [4.69, 9.17) is 4.74 Å². The highest BCUT2D eigenvalue weighted by Gasteiger charge is 1.98. The number of hydrogen-bond donors (Lipinski definition) is 1. The summed E-state index contributed by atoms with van der Waals surface area (Å²) < 4.78 is 7.09. The lowest BCUT2D eigenvalue weighted by Gasteiger charge is -2.03. The summed E-state index contributed by atoms with van der Waals surface area (Å²) >= 11 is 0. The van der Waals surface area contributed by atoms with Crippen molar-refractivity contribution in [3.8, 4) is 0 Å². The number of aromatic nitrogens is 3. The smallest absolute Gasteiger partial charge is 0.152 e. The first-order valence-corrected chi connectivity index (χ1v) is 4.46. The monoisotopic (exact) mass is 184 g/mol. The lowest BCUT2D eigenvalue weighted by atomic mass is 10.6. The Labute approximate surface area is 78.1 Å². The van der Waals surface area contributed by atoms with Crippen molar-refractivity contribution in [3.05, 3.63) is 12.2 Å². The summed E-state index contributed by atoms with van der Waals surface area (Å²) in [6.45, 7) is 5.17. The first-order chi connectivity index (χ1) is 6.34. The zero-order valence-electron chi connectivity index (χ0n) is 8.16. The summed E-state index contributed by atoms with van der Waals surface area (Å²) in [6.07, 6.45) is 1.53. The van der Waals surface area contributed by atoms with Gasteiger partial charge in [-0.05, 0) is 6.54 Å². The quantitative estimate of drug-likeness (QED) is 0.629. The maximum absolute atomic E-state index is 5.38. The lowest BCUT2D eigenvalue weighted by molar-refractivity contribution is 0.115. The molecule has 0 unspecified atom stereocenters. The molecule has 5 heteroatoms. The maximum Gasteiger partial charge on any atom is 0.152 e. The van der Waals surface area contributed by atoms with Crippen LogP contribution in [0.5, 0.6) is 0 Å². The SMILES string of the molecule is CCNCCOCc1ncnn1C. The van der Waals surface area contributed by atoms with Crippen molar-refractivity contribution >= 4 is 0 Å². The topological polar surface area (TPSA) is 52.0 Å². The minimum Gasteiger partial charge on any atom is -0.372 e. The van der Waals surface area contributed by atoms with Crippen molar-refractivity contribution in [2.45, 2.75) is 13.5 Å². The Kier molecular flexibility index (Phi) is 4.42.